The minimum atomic E-state index is -0.970. The Labute approximate surface area is 156 Å². The van der Waals surface area contributed by atoms with Gasteiger partial charge in [-0.2, -0.15) is 0 Å². The number of rotatable bonds is 4. The number of benzene rings is 1. The quantitative estimate of drug-likeness (QED) is 0.787. The fourth-order valence-electron chi connectivity index (χ4n) is 3.60. The highest BCUT2D eigenvalue weighted by Crippen LogP contribution is 2.44. The molecule has 1 aromatic heterocycles. The lowest BCUT2D eigenvalue weighted by Crippen LogP contribution is -2.40. The van der Waals surface area contributed by atoms with Crippen molar-refractivity contribution in [1.29, 1.82) is 0 Å². The van der Waals surface area contributed by atoms with Gasteiger partial charge in [-0.25, -0.2) is 4.98 Å². The minimum absolute atomic E-state index is 0.308. The first-order valence-electron chi connectivity index (χ1n) is 7.93. The molecule has 2 aliphatic heterocycles. The third kappa shape index (κ3) is 3.09. The zero-order valence-electron chi connectivity index (χ0n) is 13.0. The standard InChI is InChI=1S/C17H15BrN2O4S/c18-9-3-1-8(2-4-9)10-7-25-17(19-10)20-15(21)13-11-5-6-12(24-11)14(13)16(22)23/h1-4,7,11-14H,5-6H2,(H,22,23)(H,19,20,21)/t11-,12-,13-,14-/m1/s1. The van der Waals surface area contributed by atoms with Crippen LogP contribution in [-0.2, 0) is 14.3 Å². The smallest absolute Gasteiger partial charge is 0.310 e. The summed E-state index contributed by atoms with van der Waals surface area (Å²) in [5.74, 6) is -2.72. The molecule has 2 saturated heterocycles. The molecule has 2 aliphatic rings. The molecule has 0 unspecified atom stereocenters. The van der Waals surface area contributed by atoms with Crippen LogP contribution in [0.4, 0.5) is 5.13 Å². The third-order valence-electron chi connectivity index (χ3n) is 4.74. The fourth-order valence-corrected chi connectivity index (χ4v) is 4.58. The van der Waals surface area contributed by atoms with E-state index >= 15 is 0 Å². The Morgan fingerprint density at radius 3 is 2.56 bits per heavy atom. The molecule has 2 N–H and O–H groups in total. The van der Waals surface area contributed by atoms with Crippen molar-refractivity contribution >= 4 is 44.3 Å². The van der Waals surface area contributed by atoms with Crippen LogP contribution < -0.4 is 5.32 Å². The van der Waals surface area contributed by atoms with Crippen molar-refractivity contribution < 1.29 is 19.4 Å². The SMILES string of the molecule is O=C(O)[C@H]1[C@H](C(=O)Nc2nc(-c3ccc(Br)cc3)cs2)[C@H]2CC[C@H]1O2. The van der Waals surface area contributed by atoms with Crippen molar-refractivity contribution in [2.45, 2.75) is 25.0 Å². The summed E-state index contributed by atoms with van der Waals surface area (Å²) in [5.41, 5.74) is 1.72. The molecule has 2 bridgehead atoms. The third-order valence-corrected chi connectivity index (χ3v) is 6.02. The van der Waals surface area contributed by atoms with Crippen molar-refractivity contribution in [1.82, 2.24) is 4.98 Å². The minimum Gasteiger partial charge on any atom is -0.481 e. The van der Waals surface area contributed by atoms with E-state index in [9.17, 15) is 14.7 Å². The largest absolute Gasteiger partial charge is 0.481 e. The fraction of sp³-hybridized carbons (Fsp3) is 0.353. The van der Waals surface area contributed by atoms with Gasteiger partial charge in [0.05, 0.1) is 29.7 Å². The van der Waals surface area contributed by atoms with Crippen LogP contribution in [0.15, 0.2) is 34.1 Å². The lowest BCUT2D eigenvalue weighted by Gasteiger charge is -2.23. The monoisotopic (exact) mass is 422 g/mol. The average Bonchev–Trinajstić information content (AvgIpc) is 3.30. The van der Waals surface area contributed by atoms with E-state index in [1.54, 1.807) is 0 Å². The summed E-state index contributed by atoms with van der Waals surface area (Å²) in [7, 11) is 0. The van der Waals surface area contributed by atoms with E-state index in [-0.39, 0.29) is 18.1 Å². The molecule has 4 atom stereocenters. The number of hydrogen-bond donors (Lipinski definition) is 2. The summed E-state index contributed by atoms with van der Waals surface area (Å²) in [4.78, 5) is 28.6. The number of carbonyl (C=O) groups is 2. The molecule has 8 heteroatoms. The molecular formula is C17H15BrN2O4S. The van der Waals surface area contributed by atoms with Gasteiger partial charge in [0.25, 0.3) is 0 Å². The van der Waals surface area contributed by atoms with Gasteiger partial charge in [-0.1, -0.05) is 28.1 Å². The Hall–Kier alpha value is -1.77. The van der Waals surface area contributed by atoms with E-state index in [1.807, 2.05) is 29.6 Å². The maximum Gasteiger partial charge on any atom is 0.310 e. The number of fused-ring (bicyclic) bond motifs is 2. The zero-order valence-corrected chi connectivity index (χ0v) is 15.4. The molecule has 0 spiro atoms. The van der Waals surface area contributed by atoms with Crippen molar-refractivity contribution in [2.75, 3.05) is 5.32 Å². The second-order valence-electron chi connectivity index (χ2n) is 6.21. The highest BCUT2D eigenvalue weighted by Gasteiger charge is 2.55. The number of carboxylic acid groups (broad SMARTS) is 1. The second-order valence-corrected chi connectivity index (χ2v) is 7.99. The Kier molecular flexibility index (Phi) is 4.35. The maximum absolute atomic E-state index is 12.6. The molecule has 3 heterocycles. The highest BCUT2D eigenvalue weighted by molar-refractivity contribution is 9.10. The van der Waals surface area contributed by atoms with Gasteiger partial charge >= 0.3 is 5.97 Å². The number of hydrogen-bond acceptors (Lipinski definition) is 5. The van der Waals surface area contributed by atoms with E-state index in [1.165, 1.54) is 11.3 Å². The summed E-state index contributed by atoms with van der Waals surface area (Å²) in [5, 5.41) is 14.5. The molecule has 4 rings (SSSR count). The van der Waals surface area contributed by atoms with Crippen molar-refractivity contribution in [2.24, 2.45) is 11.8 Å². The first kappa shape index (κ1) is 16.7. The van der Waals surface area contributed by atoms with Gasteiger partial charge in [-0.15, -0.1) is 11.3 Å². The number of nitrogens with one attached hydrogen (secondary N) is 1. The number of amides is 1. The number of anilines is 1. The number of aliphatic carboxylic acids is 1. The molecule has 0 saturated carbocycles. The predicted molar refractivity (Wildman–Crippen MR) is 96.4 cm³/mol. The van der Waals surface area contributed by atoms with Crippen LogP contribution in [0, 0.1) is 11.8 Å². The maximum atomic E-state index is 12.6. The van der Waals surface area contributed by atoms with E-state index in [4.69, 9.17) is 4.74 Å². The first-order valence-corrected chi connectivity index (χ1v) is 9.61. The van der Waals surface area contributed by atoms with Gasteiger partial charge in [-0.3, -0.25) is 9.59 Å². The summed E-state index contributed by atoms with van der Waals surface area (Å²) in [6, 6.07) is 7.73. The van der Waals surface area contributed by atoms with Gasteiger partial charge in [0.1, 0.15) is 0 Å². The van der Waals surface area contributed by atoms with Crippen molar-refractivity contribution in [3.05, 3.63) is 34.1 Å². The summed E-state index contributed by atoms with van der Waals surface area (Å²) < 4.78 is 6.62. The van der Waals surface area contributed by atoms with E-state index in [0.717, 1.165) is 22.2 Å². The van der Waals surface area contributed by atoms with Gasteiger partial charge in [0, 0.05) is 15.4 Å². The molecule has 130 valence electrons. The lowest BCUT2D eigenvalue weighted by molar-refractivity contribution is -0.147. The Morgan fingerprint density at radius 1 is 1.20 bits per heavy atom. The molecule has 1 aromatic carbocycles. The molecule has 0 radical (unpaired) electrons. The predicted octanol–water partition coefficient (Wildman–Crippen LogP) is 3.39. The van der Waals surface area contributed by atoms with Gasteiger partial charge in [0.15, 0.2) is 5.13 Å². The van der Waals surface area contributed by atoms with E-state index in [0.29, 0.717) is 11.6 Å². The Balaban J connectivity index is 1.50. The van der Waals surface area contributed by atoms with E-state index in [2.05, 4.69) is 26.2 Å². The van der Waals surface area contributed by atoms with Gasteiger partial charge < -0.3 is 15.2 Å². The van der Waals surface area contributed by atoms with Gasteiger partial charge in [0.2, 0.25) is 5.91 Å². The van der Waals surface area contributed by atoms with Crippen LogP contribution in [0.3, 0.4) is 0 Å². The molecule has 6 nitrogen and oxygen atoms in total. The molecule has 0 aliphatic carbocycles. The van der Waals surface area contributed by atoms with Crippen molar-refractivity contribution in [3.8, 4) is 11.3 Å². The zero-order chi connectivity index (χ0) is 17.6. The van der Waals surface area contributed by atoms with Crippen LogP contribution in [0.2, 0.25) is 0 Å². The average molecular weight is 423 g/mol. The lowest BCUT2D eigenvalue weighted by atomic mass is 9.79. The first-order chi connectivity index (χ1) is 12.0. The van der Waals surface area contributed by atoms with Crippen LogP contribution in [-0.4, -0.2) is 34.2 Å². The number of thiazole rings is 1. The van der Waals surface area contributed by atoms with Crippen LogP contribution >= 0.6 is 27.3 Å². The normalized spacial score (nSPS) is 27.4. The molecule has 2 aromatic rings. The summed E-state index contributed by atoms with van der Waals surface area (Å²) in [6.07, 6.45) is 0.773. The summed E-state index contributed by atoms with van der Waals surface area (Å²) in [6.45, 7) is 0. The number of ether oxygens (including phenoxy) is 1. The number of nitrogens with zero attached hydrogens (tertiary/aromatic N) is 1. The molecule has 2 fully saturated rings. The highest BCUT2D eigenvalue weighted by atomic mass is 79.9. The van der Waals surface area contributed by atoms with Crippen LogP contribution in [0.25, 0.3) is 11.3 Å². The number of halogens is 1. The summed E-state index contributed by atoms with van der Waals surface area (Å²) >= 11 is 4.71. The Morgan fingerprint density at radius 2 is 1.88 bits per heavy atom. The molecule has 25 heavy (non-hydrogen) atoms. The molecule has 1 amide bonds. The number of carboxylic acids is 1. The second kappa shape index (κ2) is 6.51. The Bertz CT molecular complexity index is 822. The number of aromatic nitrogens is 1. The van der Waals surface area contributed by atoms with Gasteiger partial charge in [-0.05, 0) is 25.0 Å². The van der Waals surface area contributed by atoms with Crippen molar-refractivity contribution in [3.63, 3.8) is 0 Å². The van der Waals surface area contributed by atoms with E-state index < -0.39 is 17.8 Å². The van der Waals surface area contributed by atoms with Crippen LogP contribution in [0.5, 0.6) is 0 Å². The molecular weight excluding hydrogens is 408 g/mol. The van der Waals surface area contributed by atoms with Crippen LogP contribution in [0.1, 0.15) is 12.8 Å². The topological polar surface area (TPSA) is 88.5 Å². The number of carbonyl (C=O) groups excluding carboxylic acids is 1.